The van der Waals surface area contributed by atoms with Gasteiger partial charge >= 0.3 is 17.9 Å². The van der Waals surface area contributed by atoms with Gasteiger partial charge in [0.2, 0.25) is 5.76 Å². The predicted molar refractivity (Wildman–Crippen MR) is 56.3 cm³/mol. The Balaban J connectivity index is 2.84. The Kier molecular flexibility index (Phi) is 4.47. The molecule has 98 valence electrons. The van der Waals surface area contributed by atoms with Gasteiger partial charge in [-0.25, -0.2) is 0 Å². The summed E-state index contributed by atoms with van der Waals surface area (Å²) >= 11 is 0. The molecule has 0 radical (unpaired) electrons. The van der Waals surface area contributed by atoms with Crippen molar-refractivity contribution in [3.8, 4) is 0 Å². The second-order valence-electron chi connectivity index (χ2n) is 3.31. The summed E-state index contributed by atoms with van der Waals surface area (Å²) in [5.41, 5.74) is 0. The van der Waals surface area contributed by atoms with E-state index in [-0.39, 0.29) is 11.5 Å². The highest BCUT2D eigenvalue weighted by atomic mass is 16.7. The molecule has 0 bridgehead atoms. The van der Waals surface area contributed by atoms with Crippen LogP contribution in [-0.2, 0) is 33.3 Å². The van der Waals surface area contributed by atoms with Gasteiger partial charge in [0.25, 0.3) is 6.29 Å². The van der Waals surface area contributed by atoms with Crippen molar-refractivity contribution in [3.63, 3.8) is 0 Å². The van der Waals surface area contributed by atoms with Gasteiger partial charge in [-0.15, -0.1) is 0 Å². The summed E-state index contributed by atoms with van der Waals surface area (Å²) in [7, 11) is 0. The molecule has 0 aromatic heterocycles. The monoisotopic (exact) mass is 256 g/mol. The predicted octanol–water partition coefficient (Wildman–Crippen LogP) is 0.757. The highest BCUT2D eigenvalue weighted by molar-refractivity contribution is 5.70. The van der Waals surface area contributed by atoms with Crippen LogP contribution in [-0.4, -0.2) is 24.2 Å². The Morgan fingerprint density at radius 2 is 1.56 bits per heavy atom. The van der Waals surface area contributed by atoms with Crippen molar-refractivity contribution in [2.45, 2.75) is 27.1 Å². The first-order valence-electron chi connectivity index (χ1n) is 5.00. The molecule has 7 heteroatoms. The normalized spacial score (nSPS) is 17.8. The number of hydrogen-bond acceptors (Lipinski definition) is 7. The van der Waals surface area contributed by atoms with Crippen LogP contribution < -0.4 is 0 Å². The maximum absolute atomic E-state index is 10.9. The molecule has 1 aliphatic heterocycles. The maximum Gasteiger partial charge on any atom is 0.308 e. The van der Waals surface area contributed by atoms with E-state index in [4.69, 9.17) is 18.9 Å². The van der Waals surface area contributed by atoms with Gasteiger partial charge in [-0.2, -0.15) is 0 Å². The molecule has 0 N–H and O–H groups in total. The molecule has 1 rings (SSSR count). The molecule has 0 amide bonds. The van der Waals surface area contributed by atoms with E-state index < -0.39 is 24.2 Å². The van der Waals surface area contributed by atoms with Gasteiger partial charge < -0.3 is 18.9 Å². The van der Waals surface area contributed by atoms with Crippen molar-refractivity contribution < 1.29 is 33.3 Å². The summed E-state index contributed by atoms with van der Waals surface area (Å²) in [4.78, 5) is 32.5. The Bertz CT molecular complexity index is 433. The molecule has 0 spiro atoms. The third kappa shape index (κ3) is 4.28. The number of hydrogen-bond donors (Lipinski definition) is 0. The largest absolute Gasteiger partial charge is 0.455 e. The number of carbonyl (C=O) groups is 3. The molecule has 0 aromatic carbocycles. The van der Waals surface area contributed by atoms with E-state index in [0.29, 0.717) is 0 Å². The van der Waals surface area contributed by atoms with E-state index in [2.05, 4.69) is 0 Å². The second-order valence-corrected chi connectivity index (χ2v) is 3.31. The van der Waals surface area contributed by atoms with Gasteiger partial charge in [-0.05, 0) is 0 Å². The highest BCUT2D eigenvalue weighted by Crippen LogP contribution is 2.21. The van der Waals surface area contributed by atoms with Gasteiger partial charge in [0.1, 0.15) is 6.26 Å². The van der Waals surface area contributed by atoms with Gasteiger partial charge in [0.05, 0.1) is 0 Å². The molecule has 0 fully saturated rings. The zero-order valence-corrected chi connectivity index (χ0v) is 10.1. The average molecular weight is 256 g/mol. The zero-order chi connectivity index (χ0) is 13.7. The van der Waals surface area contributed by atoms with E-state index in [1.54, 1.807) is 0 Å². The van der Waals surface area contributed by atoms with Crippen molar-refractivity contribution in [1.29, 1.82) is 0 Å². The lowest BCUT2D eigenvalue weighted by molar-refractivity contribution is -0.161. The summed E-state index contributed by atoms with van der Waals surface area (Å²) < 4.78 is 19.3. The number of carbonyl (C=O) groups excluding carboxylic acids is 3. The molecule has 0 aromatic rings. The Hall–Kier alpha value is -2.31. The summed E-state index contributed by atoms with van der Waals surface area (Å²) in [5.74, 6) is -1.89. The minimum Gasteiger partial charge on any atom is -0.455 e. The molecule has 0 aliphatic carbocycles. The van der Waals surface area contributed by atoms with Crippen LogP contribution in [0.3, 0.4) is 0 Å². The first-order chi connectivity index (χ1) is 8.38. The Morgan fingerprint density at radius 3 is 2.06 bits per heavy atom. The Labute approximate surface area is 103 Å². The number of esters is 3. The van der Waals surface area contributed by atoms with Crippen LogP contribution in [0.15, 0.2) is 23.9 Å². The Morgan fingerprint density at radius 1 is 1.00 bits per heavy atom. The molecule has 1 aliphatic rings. The third-order valence-electron chi connectivity index (χ3n) is 1.63. The topological polar surface area (TPSA) is 88.1 Å². The van der Waals surface area contributed by atoms with Crippen LogP contribution >= 0.6 is 0 Å². The van der Waals surface area contributed by atoms with Crippen molar-refractivity contribution in [2.24, 2.45) is 0 Å². The fourth-order valence-electron chi connectivity index (χ4n) is 1.13. The van der Waals surface area contributed by atoms with Crippen LogP contribution in [0.5, 0.6) is 0 Å². The summed E-state index contributed by atoms with van der Waals surface area (Å²) in [6.45, 7) is 3.57. The van der Waals surface area contributed by atoms with Gasteiger partial charge in [-0.1, -0.05) is 0 Å². The SMILES string of the molecule is CC(=O)OC1=COC(OC(C)=O)C=C1OC(C)=O. The van der Waals surface area contributed by atoms with E-state index in [9.17, 15) is 14.4 Å². The first kappa shape index (κ1) is 13.8. The minimum absolute atomic E-state index is 0.0461. The second kappa shape index (κ2) is 5.85. The zero-order valence-electron chi connectivity index (χ0n) is 10.1. The molecular formula is C11H12O7. The molecule has 1 atom stereocenters. The summed E-state index contributed by atoms with van der Waals surface area (Å²) in [6, 6.07) is 0. The highest BCUT2D eigenvalue weighted by Gasteiger charge is 2.23. The van der Waals surface area contributed by atoms with Gasteiger partial charge in [0.15, 0.2) is 5.76 Å². The van der Waals surface area contributed by atoms with Crippen LogP contribution in [0.2, 0.25) is 0 Å². The first-order valence-corrected chi connectivity index (χ1v) is 5.00. The summed E-state index contributed by atoms with van der Waals surface area (Å²) in [5, 5.41) is 0. The third-order valence-corrected chi connectivity index (χ3v) is 1.63. The van der Waals surface area contributed by atoms with Crippen molar-refractivity contribution in [2.75, 3.05) is 0 Å². The lowest BCUT2D eigenvalue weighted by Crippen LogP contribution is -2.22. The fraction of sp³-hybridized carbons (Fsp3) is 0.364. The lowest BCUT2D eigenvalue weighted by atomic mass is 10.3. The van der Waals surface area contributed by atoms with Crippen LogP contribution in [0.1, 0.15) is 20.8 Å². The van der Waals surface area contributed by atoms with Crippen molar-refractivity contribution in [3.05, 3.63) is 23.9 Å². The number of rotatable bonds is 3. The minimum atomic E-state index is -1.03. The maximum atomic E-state index is 10.9. The molecule has 0 saturated heterocycles. The van der Waals surface area contributed by atoms with E-state index >= 15 is 0 Å². The molecule has 1 heterocycles. The van der Waals surface area contributed by atoms with Gasteiger partial charge in [-0.3, -0.25) is 14.4 Å². The van der Waals surface area contributed by atoms with Crippen molar-refractivity contribution >= 4 is 17.9 Å². The quantitative estimate of drug-likeness (QED) is 0.544. The molecule has 18 heavy (non-hydrogen) atoms. The summed E-state index contributed by atoms with van der Waals surface area (Å²) in [6.07, 6.45) is 1.21. The van der Waals surface area contributed by atoms with E-state index in [1.807, 2.05) is 0 Å². The van der Waals surface area contributed by atoms with Crippen LogP contribution in [0, 0.1) is 0 Å². The standard InChI is InChI=1S/C11H12O7/c1-6(12)16-9-4-11(18-8(3)14)15-5-10(9)17-7(2)13/h4-5,11H,1-3H3. The van der Waals surface area contributed by atoms with E-state index in [0.717, 1.165) is 6.26 Å². The smallest absolute Gasteiger partial charge is 0.308 e. The van der Waals surface area contributed by atoms with Crippen LogP contribution in [0.25, 0.3) is 0 Å². The molecule has 0 saturated carbocycles. The van der Waals surface area contributed by atoms with Crippen molar-refractivity contribution in [1.82, 2.24) is 0 Å². The number of ether oxygens (including phenoxy) is 4. The molecular weight excluding hydrogens is 244 g/mol. The van der Waals surface area contributed by atoms with Gasteiger partial charge in [0, 0.05) is 26.8 Å². The van der Waals surface area contributed by atoms with Crippen LogP contribution in [0.4, 0.5) is 0 Å². The lowest BCUT2D eigenvalue weighted by Gasteiger charge is -2.20. The molecule has 1 unspecified atom stereocenters. The fourth-order valence-corrected chi connectivity index (χ4v) is 1.13. The average Bonchev–Trinajstić information content (AvgIpc) is 2.19. The molecule has 7 nitrogen and oxygen atoms in total. The van der Waals surface area contributed by atoms with E-state index in [1.165, 1.54) is 26.8 Å².